The molecule has 26 heavy (non-hydrogen) atoms. The zero-order valence-corrected chi connectivity index (χ0v) is 16.0. The van der Waals surface area contributed by atoms with Crippen molar-refractivity contribution in [1.82, 2.24) is 15.5 Å². The van der Waals surface area contributed by atoms with Crippen molar-refractivity contribution < 1.29 is 9.59 Å². The van der Waals surface area contributed by atoms with Crippen molar-refractivity contribution in [2.75, 3.05) is 13.1 Å². The van der Waals surface area contributed by atoms with Crippen LogP contribution in [0.25, 0.3) is 0 Å². The van der Waals surface area contributed by atoms with Crippen molar-refractivity contribution in [3.63, 3.8) is 0 Å². The Kier molecular flexibility index (Phi) is 6.28. The van der Waals surface area contributed by atoms with Gasteiger partial charge in [0.05, 0.1) is 6.04 Å². The van der Waals surface area contributed by atoms with Gasteiger partial charge in [0.1, 0.15) is 0 Å². The van der Waals surface area contributed by atoms with Crippen molar-refractivity contribution in [3.8, 4) is 0 Å². The molecule has 0 spiro atoms. The lowest BCUT2D eigenvalue weighted by Gasteiger charge is -2.17. The molecule has 6 heteroatoms. The molecule has 1 saturated heterocycles. The maximum absolute atomic E-state index is 12.2. The normalized spacial score (nSPS) is 16.6. The van der Waals surface area contributed by atoms with Gasteiger partial charge in [-0.3, -0.25) is 4.79 Å². The SMILES string of the molecule is O=C(NCCc1ccccc1Br)NC1CC(=O)N(Cc2ccccc2)C1. The van der Waals surface area contributed by atoms with Gasteiger partial charge in [-0.1, -0.05) is 64.5 Å². The van der Waals surface area contributed by atoms with Crippen LogP contribution in [0.5, 0.6) is 0 Å². The van der Waals surface area contributed by atoms with Crippen LogP contribution in [0.15, 0.2) is 59.1 Å². The average Bonchev–Trinajstić information content (AvgIpc) is 2.96. The maximum atomic E-state index is 12.2. The Balaban J connectivity index is 1.42. The Bertz CT molecular complexity index is 767. The Hall–Kier alpha value is -2.34. The van der Waals surface area contributed by atoms with Gasteiger partial charge in [0, 0.05) is 30.5 Å². The molecular weight excluding hydrogens is 394 g/mol. The predicted octanol–water partition coefficient (Wildman–Crippen LogP) is 3.09. The molecule has 1 unspecified atom stereocenters. The second kappa shape index (κ2) is 8.85. The van der Waals surface area contributed by atoms with E-state index in [1.165, 1.54) is 0 Å². The third-order valence-corrected chi connectivity index (χ3v) is 5.18. The number of nitrogens with zero attached hydrogens (tertiary/aromatic N) is 1. The van der Waals surface area contributed by atoms with Gasteiger partial charge in [0.15, 0.2) is 0 Å². The highest BCUT2D eigenvalue weighted by molar-refractivity contribution is 9.10. The molecule has 1 aliphatic rings. The second-order valence-corrected chi connectivity index (χ2v) is 7.26. The van der Waals surface area contributed by atoms with Crippen LogP contribution in [0.4, 0.5) is 4.79 Å². The van der Waals surface area contributed by atoms with E-state index in [1.54, 1.807) is 4.90 Å². The quantitative estimate of drug-likeness (QED) is 0.761. The van der Waals surface area contributed by atoms with E-state index in [-0.39, 0.29) is 18.0 Å². The first-order chi connectivity index (χ1) is 12.6. The summed E-state index contributed by atoms with van der Waals surface area (Å²) in [4.78, 5) is 26.0. The minimum Gasteiger partial charge on any atom is -0.338 e. The molecule has 0 radical (unpaired) electrons. The van der Waals surface area contributed by atoms with Gasteiger partial charge in [-0.2, -0.15) is 0 Å². The van der Waals surface area contributed by atoms with Crippen LogP contribution < -0.4 is 10.6 Å². The van der Waals surface area contributed by atoms with E-state index in [9.17, 15) is 9.59 Å². The third-order valence-electron chi connectivity index (χ3n) is 4.40. The summed E-state index contributed by atoms with van der Waals surface area (Å²) < 4.78 is 1.04. The number of halogens is 1. The molecule has 1 fully saturated rings. The first kappa shape index (κ1) is 18.5. The topological polar surface area (TPSA) is 61.4 Å². The lowest BCUT2D eigenvalue weighted by Crippen LogP contribution is -2.43. The highest BCUT2D eigenvalue weighted by atomic mass is 79.9. The number of nitrogens with one attached hydrogen (secondary N) is 2. The van der Waals surface area contributed by atoms with Crippen LogP contribution in [0.2, 0.25) is 0 Å². The zero-order chi connectivity index (χ0) is 18.4. The van der Waals surface area contributed by atoms with E-state index >= 15 is 0 Å². The largest absolute Gasteiger partial charge is 0.338 e. The highest BCUT2D eigenvalue weighted by Crippen LogP contribution is 2.16. The zero-order valence-electron chi connectivity index (χ0n) is 14.5. The summed E-state index contributed by atoms with van der Waals surface area (Å²) in [6.07, 6.45) is 1.10. The monoisotopic (exact) mass is 415 g/mol. The van der Waals surface area contributed by atoms with E-state index < -0.39 is 0 Å². The molecule has 2 aromatic carbocycles. The predicted molar refractivity (Wildman–Crippen MR) is 105 cm³/mol. The first-order valence-corrected chi connectivity index (χ1v) is 9.50. The molecular formula is C20H22BrN3O2. The van der Waals surface area contributed by atoms with Gasteiger partial charge in [-0.25, -0.2) is 4.79 Å². The lowest BCUT2D eigenvalue weighted by atomic mass is 10.1. The summed E-state index contributed by atoms with van der Waals surface area (Å²) in [6, 6.07) is 17.5. The molecule has 1 heterocycles. The number of benzene rings is 2. The molecule has 3 rings (SSSR count). The maximum Gasteiger partial charge on any atom is 0.315 e. The van der Waals surface area contributed by atoms with Crippen molar-refractivity contribution in [3.05, 3.63) is 70.2 Å². The Morgan fingerprint density at radius 1 is 1.12 bits per heavy atom. The van der Waals surface area contributed by atoms with E-state index in [4.69, 9.17) is 0 Å². The van der Waals surface area contributed by atoms with Crippen LogP contribution in [-0.4, -0.2) is 36.0 Å². The fourth-order valence-corrected chi connectivity index (χ4v) is 3.56. The van der Waals surface area contributed by atoms with E-state index in [0.717, 1.165) is 22.0 Å². The molecule has 3 amide bonds. The van der Waals surface area contributed by atoms with E-state index in [2.05, 4.69) is 26.6 Å². The van der Waals surface area contributed by atoms with Gasteiger partial charge in [0.25, 0.3) is 0 Å². The average molecular weight is 416 g/mol. The second-order valence-electron chi connectivity index (χ2n) is 6.40. The fraction of sp³-hybridized carbons (Fsp3) is 0.300. The Labute approximate surface area is 161 Å². The summed E-state index contributed by atoms with van der Waals surface area (Å²) in [5.41, 5.74) is 2.25. The van der Waals surface area contributed by atoms with Gasteiger partial charge in [-0.15, -0.1) is 0 Å². The number of urea groups is 1. The first-order valence-electron chi connectivity index (χ1n) is 8.71. The molecule has 5 nitrogen and oxygen atoms in total. The highest BCUT2D eigenvalue weighted by Gasteiger charge is 2.30. The molecule has 1 atom stereocenters. The van der Waals surface area contributed by atoms with Gasteiger partial charge < -0.3 is 15.5 Å². The number of hydrogen-bond donors (Lipinski definition) is 2. The van der Waals surface area contributed by atoms with E-state index in [0.29, 0.717) is 26.1 Å². The smallest absolute Gasteiger partial charge is 0.315 e. The number of rotatable bonds is 6. The van der Waals surface area contributed by atoms with E-state index in [1.807, 2.05) is 54.6 Å². The number of carbonyl (C=O) groups excluding carboxylic acids is 2. The van der Waals surface area contributed by atoms with Crippen molar-refractivity contribution >= 4 is 27.9 Å². The lowest BCUT2D eigenvalue weighted by molar-refractivity contribution is -0.128. The number of amides is 3. The van der Waals surface area contributed by atoms with Gasteiger partial charge >= 0.3 is 6.03 Å². The number of carbonyl (C=O) groups is 2. The Morgan fingerprint density at radius 3 is 2.62 bits per heavy atom. The summed E-state index contributed by atoms with van der Waals surface area (Å²) >= 11 is 3.50. The summed E-state index contributed by atoms with van der Waals surface area (Å²) in [5.74, 6) is 0.0763. The summed E-state index contributed by atoms with van der Waals surface area (Å²) in [5, 5.41) is 5.77. The number of hydrogen-bond acceptors (Lipinski definition) is 2. The molecule has 0 saturated carbocycles. The van der Waals surface area contributed by atoms with Gasteiger partial charge in [-0.05, 0) is 23.6 Å². The molecule has 0 aromatic heterocycles. The third kappa shape index (κ3) is 5.08. The molecule has 1 aliphatic heterocycles. The fourth-order valence-electron chi connectivity index (χ4n) is 3.07. The summed E-state index contributed by atoms with van der Waals surface area (Å²) in [7, 11) is 0. The van der Waals surface area contributed by atoms with Crippen LogP contribution in [0.1, 0.15) is 17.5 Å². The van der Waals surface area contributed by atoms with Crippen molar-refractivity contribution in [1.29, 1.82) is 0 Å². The number of likely N-dealkylation sites (tertiary alicyclic amines) is 1. The van der Waals surface area contributed by atoms with Crippen molar-refractivity contribution in [2.45, 2.75) is 25.4 Å². The van der Waals surface area contributed by atoms with Crippen LogP contribution in [0, 0.1) is 0 Å². The standard InChI is InChI=1S/C20H22BrN3O2/c21-18-9-5-4-8-16(18)10-11-22-20(26)23-17-12-19(25)24(14-17)13-15-6-2-1-3-7-15/h1-9,17H,10-14H2,(H2,22,23,26). The van der Waals surface area contributed by atoms with Crippen LogP contribution in [0.3, 0.4) is 0 Å². The minimum absolute atomic E-state index is 0.0763. The van der Waals surface area contributed by atoms with Crippen LogP contribution >= 0.6 is 15.9 Å². The minimum atomic E-state index is -0.226. The molecule has 0 bridgehead atoms. The molecule has 0 aliphatic carbocycles. The summed E-state index contributed by atoms with van der Waals surface area (Å²) in [6.45, 7) is 1.68. The van der Waals surface area contributed by atoms with Gasteiger partial charge in [0.2, 0.25) is 5.91 Å². The van der Waals surface area contributed by atoms with Crippen molar-refractivity contribution in [2.24, 2.45) is 0 Å². The Morgan fingerprint density at radius 2 is 1.85 bits per heavy atom. The molecule has 136 valence electrons. The molecule has 2 N–H and O–H groups in total. The molecule has 2 aromatic rings. The van der Waals surface area contributed by atoms with Crippen LogP contribution in [-0.2, 0) is 17.8 Å².